The van der Waals surface area contributed by atoms with E-state index in [4.69, 9.17) is 0 Å². The highest BCUT2D eigenvalue weighted by Gasteiger charge is 2.28. The SMILES string of the molecule is C[C@H](NC1CCS(=O)(=O)C1)c1ccncc1. The van der Waals surface area contributed by atoms with E-state index < -0.39 is 9.84 Å². The number of nitrogens with zero attached hydrogens (tertiary/aromatic N) is 1. The number of sulfone groups is 1. The van der Waals surface area contributed by atoms with E-state index in [2.05, 4.69) is 10.3 Å². The highest BCUT2D eigenvalue weighted by Crippen LogP contribution is 2.17. The van der Waals surface area contributed by atoms with E-state index in [0.29, 0.717) is 5.75 Å². The summed E-state index contributed by atoms with van der Waals surface area (Å²) >= 11 is 0. The maximum Gasteiger partial charge on any atom is 0.151 e. The fourth-order valence-electron chi connectivity index (χ4n) is 2.03. The number of rotatable bonds is 3. The van der Waals surface area contributed by atoms with Crippen molar-refractivity contribution in [3.05, 3.63) is 30.1 Å². The Morgan fingerprint density at radius 1 is 1.44 bits per heavy atom. The second-order valence-corrected chi connectivity index (χ2v) is 6.50. The molecule has 5 heteroatoms. The summed E-state index contributed by atoms with van der Waals surface area (Å²) < 4.78 is 22.6. The standard InChI is InChI=1S/C11H16N2O2S/c1-9(10-2-5-12-6-3-10)13-11-4-7-16(14,15)8-11/h2-3,5-6,9,11,13H,4,7-8H2,1H3/t9-,11?/m0/s1. The average molecular weight is 240 g/mol. The lowest BCUT2D eigenvalue weighted by Gasteiger charge is -2.18. The van der Waals surface area contributed by atoms with Gasteiger partial charge >= 0.3 is 0 Å². The van der Waals surface area contributed by atoms with Crippen LogP contribution in [0, 0.1) is 0 Å². The topological polar surface area (TPSA) is 59.1 Å². The molecule has 0 aliphatic carbocycles. The van der Waals surface area contributed by atoms with Crippen LogP contribution < -0.4 is 5.32 Å². The van der Waals surface area contributed by atoms with Gasteiger partial charge in [0.15, 0.2) is 9.84 Å². The van der Waals surface area contributed by atoms with E-state index in [1.165, 1.54) is 0 Å². The van der Waals surface area contributed by atoms with Crippen LogP contribution >= 0.6 is 0 Å². The van der Waals surface area contributed by atoms with Crippen LogP contribution in [-0.4, -0.2) is 30.9 Å². The van der Waals surface area contributed by atoms with Crippen LogP contribution in [0.2, 0.25) is 0 Å². The summed E-state index contributed by atoms with van der Waals surface area (Å²) in [5, 5.41) is 3.34. The van der Waals surface area contributed by atoms with Crippen LogP contribution in [-0.2, 0) is 9.84 Å². The average Bonchev–Trinajstić information content (AvgIpc) is 2.59. The van der Waals surface area contributed by atoms with Crippen molar-refractivity contribution in [2.24, 2.45) is 0 Å². The van der Waals surface area contributed by atoms with E-state index in [-0.39, 0.29) is 17.8 Å². The fraction of sp³-hybridized carbons (Fsp3) is 0.545. The summed E-state index contributed by atoms with van der Waals surface area (Å²) in [5.74, 6) is 0.580. The van der Waals surface area contributed by atoms with Crippen LogP contribution in [0.3, 0.4) is 0 Å². The molecule has 1 unspecified atom stereocenters. The predicted octanol–water partition coefficient (Wildman–Crippen LogP) is 0.919. The van der Waals surface area contributed by atoms with Crippen LogP contribution in [0.1, 0.15) is 24.9 Å². The Labute approximate surface area is 96.0 Å². The maximum absolute atomic E-state index is 11.3. The highest BCUT2D eigenvalue weighted by atomic mass is 32.2. The van der Waals surface area contributed by atoms with Gasteiger partial charge in [-0.15, -0.1) is 0 Å². The molecule has 1 aromatic heterocycles. The zero-order valence-corrected chi connectivity index (χ0v) is 10.1. The lowest BCUT2D eigenvalue weighted by atomic mass is 10.1. The second kappa shape index (κ2) is 4.51. The summed E-state index contributed by atoms with van der Waals surface area (Å²) in [6, 6.07) is 4.15. The molecular weight excluding hydrogens is 224 g/mol. The van der Waals surface area contributed by atoms with Crippen molar-refractivity contribution in [2.75, 3.05) is 11.5 Å². The third-order valence-corrected chi connectivity index (χ3v) is 4.69. The summed E-state index contributed by atoms with van der Waals surface area (Å²) in [6.07, 6.45) is 4.22. The molecule has 1 saturated heterocycles. The summed E-state index contributed by atoms with van der Waals surface area (Å²) in [6.45, 7) is 2.04. The van der Waals surface area contributed by atoms with Gasteiger partial charge < -0.3 is 5.32 Å². The van der Waals surface area contributed by atoms with Gasteiger partial charge in [-0.3, -0.25) is 4.98 Å². The van der Waals surface area contributed by atoms with Crippen molar-refractivity contribution >= 4 is 9.84 Å². The summed E-state index contributed by atoms with van der Waals surface area (Å²) in [4.78, 5) is 3.96. The van der Waals surface area contributed by atoms with Gasteiger partial charge in [0.05, 0.1) is 11.5 Å². The molecule has 16 heavy (non-hydrogen) atoms. The highest BCUT2D eigenvalue weighted by molar-refractivity contribution is 7.91. The first-order chi connectivity index (χ1) is 7.57. The van der Waals surface area contributed by atoms with E-state index in [9.17, 15) is 8.42 Å². The number of aromatic nitrogens is 1. The van der Waals surface area contributed by atoms with Crippen LogP contribution in [0.4, 0.5) is 0 Å². The van der Waals surface area contributed by atoms with E-state index in [1.54, 1.807) is 12.4 Å². The number of pyridine rings is 1. The third-order valence-electron chi connectivity index (χ3n) is 2.92. The molecule has 0 amide bonds. The quantitative estimate of drug-likeness (QED) is 0.853. The van der Waals surface area contributed by atoms with Gasteiger partial charge in [0.1, 0.15) is 0 Å². The molecule has 0 bridgehead atoms. The monoisotopic (exact) mass is 240 g/mol. The molecule has 0 aromatic carbocycles. The maximum atomic E-state index is 11.3. The van der Waals surface area contributed by atoms with Crippen LogP contribution in [0.5, 0.6) is 0 Å². The Balaban J connectivity index is 1.96. The van der Waals surface area contributed by atoms with E-state index >= 15 is 0 Å². The van der Waals surface area contributed by atoms with Gasteiger partial charge in [0.25, 0.3) is 0 Å². The Morgan fingerprint density at radius 2 is 2.12 bits per heavy atom. The van der Waals surface area contributed by atoms with Crippen molar-refractivity contribution in [3.63, 3.8) is 0 Å². The lowest BCUT2D eigenvalue weighted by molar-refractivity contribution is 0.484. The van der Waals surface area contributed by atoms with Gasteiger partial charge in [-0.2, -0.15) is 0 Å². The van der Waals surface area contributed by atoms with Crippen molar-refractivity contribution in [1.29, 1.82) is 0 Å². The lowest BCUT2D eigenvalue weighted by Crippen LogP contribution is -2.32. The molecule has 0 saturated carbocycles. The minimum absolute atomic E-state index is 0.0909. The minimum Gasteiger partial charge on any atom is -0.306 e. The molecule has 1 aliphatic heterocycles. The van der Waals surface area contributed by atoms with Crippen molar-refractivity contribution in [3.8, 4) is 0 Å². The Morgan fingerprint density at radius 3 is 2.69 bits per heavy atom. The first-order valence-electron chi connectivity index (χ1n) is 5.43. The molecule has 88 valence electrons. The largest absolute Gasteiger partial charge is 0.306 e. The zero-order valence-electron chi connectivity index (χ0n) is 9.26. The molecule has 2 rings (SSSR count). The van der Waals surface area contributed by atoms with Crippen LogP contribution in [0.15, 0.2) is 24.5 Å². The van der Waals surface area contributed by atoms with Crippen molar-refractivity contribution in [2.45, 2.75) is 25.4 Å². The zero-order chi connectivity index (χ0) is 11.6. The number of hydrogen-bond donors (Lipinski definition) is 1. The molecule has 0 spiro atoms. The van der Waals surface area contributed by atoms with Gasteiger partial charge in [-0.05, 0) is 31.0 Å². The summed E-state index contributed by atoms with van der Waals surface area (Å²) in [5.41, 5.74) is 1.14. The molecule has 1 aromatic rings. The van der Waals surface area contributed by atoms with Crippen molar-refractivity contribution in [1.82, 2.24) is 10.3 Å². The predicted molar refractivity (Wildman–Crippen MR) is 62.8 cm³/mol. The Bertz CT molecular complexity index is 444. The van der Waals surface area contributed by atoms with Gasteiger partial charge in [-0.1, -0.05) is 0 Å². The molecule has 1 N–H and O–H groups in total. The minimum atomic E-state index is -2.80. The second-order valence-electron chi connectivity index (χ2n) is 4.27. The van der Waals surface area contributed by atoms with Crippen molar-refractivity contribution < 1.29 is 8.42 Å². The molecule has 4 nitrogen and oxygen atoms in total. The molecule has 2 atom stereocenters. The first kappa shape index (κ1) is 11.5. The molecule has 2 heterocycles. The first-order valence-corrected chi connectivity index (χ1v) is 7.25. The third kappa shape index (κ3) is 2.80. The molecule has 0 radical (unpaired) electrons. The van der Waals surface area contributed by atoms with Gasteiger partial charge in [0, 0.05) is 24.5 Å². The van der Waals surface area contributed by atoms with E-state index in [0.717, 1.165) is 12.0 Å². The smallest absolute Gasteiger partial charge is 0.151 e. The number of hydrogen-bond acceptors (Lipinski definition) is 4. The fourth-order valence-corrected chi connectivity index (χ4v) is 3.71. The Hall–Kier alpha value is -0.940. The molecule has 1 fully saturated rings. The van der Waals surface area contributed by atoms with Gasteiger partial charge in [-0.25, -0.2) is 8.42 Å². The normalized spacial score (nSPS) is 25.4. The Kier molecular flexibility index (Phi) is 3.25. The van der Waals surface area contributed by atoms with E-state index in [1.807, 2.05) is 19.1 Å². The summed E-state index contributed by atoms with van der Waals surface area (Å²) in [7, 11) is -2.80. The van der Waals surface area contributed by atoms with Crippen LogP contribution in [0.25, 0.3) is 0 Å². The molecular formula is C11H16N2O2S. The number of nitrogens with one attached hydrogen (secondary N) is 1. The van der Waals surface area contributed by atoms with Gasteiger partial charge in [0.2, 0.25) is 0 Å². The molecule has 1 aliphatic rings.